The van der Waals surface area contributed by atoms with E-state index in [1.807, 2.05) is 42.1 Å². The fraction of sp³-hybridized carbons (Fsp3) is 0.609. The molecule has 2 saturated heterocycles. The van der Waals surface area contributed by atoms with Crippen LogP contribution in [0.4, 0.5) is 0 Å². The molecule has 3 unspecified atom stereocenters. The number of carbonyl (C=O) groups is 3. The number of carboxylic acid groups (broad SMARTS) is 1. The van der Waals surface area contributed by atoms with E-state index in [-0.39, 0.29) is 12.5 Å². The number of nitrogens with one attached hydrogen (secondary N) is 1. The first-order valence-electron chi connectivity index (χ1n) is 11.0. The van der Waals surface area contributed by atoms with Gasteiger partial charge in [-0.25, -0.2) is 4.79 Å². The van der Waals surface area contributed by atoms with Crippen molar-refractivity contribution in [3.63, 3.8) is 0 Å². The van der Waals surface area contributed by atoms with Gasteiger partial charge >= 0.3 is 11.9 Å². The van der Waals surface area contributed by atoms with Crippen LogP contribution in [0.1, 0.15) is 32.3 Å². The molecule has 7 nitrogen and oxygen atoms in total. The Labute approximate surface area is 187 Å². The average molecular weight is 449 g/mol. The van der Waals surface area contributed by atoms with E-state index in [0.29, 0.717) is 37.6 Å². The predicted octanol–water partition coefficient (Wildman–Crippen LogP) is 2.19. The summed E-state index contributed by atoms with van der Waals surface area (Å²) in [6.45, 7) is 4.18. The van der Waals surface area contributed by atoms with Gasteiger partial charge in [0.2, 0.25) is 5.91 Å². The lowest BCUT2D eigenvalue weighted by Crippen LogP contribution is -2.59. The number of benzene rings is 1. The van der Waals surface area contributed by atoms with Crippen molar-refractivity contribution in [3.8, 4) is 0 Å². The van der Waals surface area contributed by atoms with Crippen LogP contribution in [0, 0.1) is 11.8 Å². The number of esters is 1. The van der Waals surface area contributed by atoms with Crippen LogP contribution in [-0.4, -0.2) is 70.6 Å². The topological polar surface area (TPSA) is 95.9 Å². The molecule has 31 heavy (non-hydrogen) atoms. The highest BCUT2D eigenvalue weighted by Crippen LogP contribution is 2.38. The quantitative estimate of drug-likeness (QED) is 0.559. The number of aliphatic carboxylic acids is 1. The Balaban J connectivity index is 1.67. The van der Waals surface area contributed by atoms with Gasteiger partial charge in [0.15, 0.2) is 0 Å². The van der Waals surface area contributed by atoms with E-state index in [1.165, 1.54) is 4.90 Å². The van der Waals surface area contributed by atoms with E-state index in [9.17, 15) is 19.5 Å². The Morgan fingerprint density at radius 2 is 1.94 bits per heavy atom. The van der Waals surface area contributed by atoms with Gasteiger partial charge in [0.1, 0.15) is 12.1 Å². The lowest BCUT2D eigenvalue weighted by atomic mass is 9.84. The van der Waals surface area contributed by atoms with Crippen molar-refractivity contribution in [2.24, 2.45) is 11.8 Å². The molecule has 2 aliphatic heterocycles. The summed E-state index contributed by atoms with van der Waals surface area (Å²) >= 11 is 1.83. The Hall–Kier alpha value is -2.06. The first-order valence-corrected chi connectivity index (χ1v) is 12.1. The van der Waals surface area contributed by atoms with Gasteiger partial charge in [0, 0.05) is 6.54 Å². The van der Waals surface area contributed by atoms with Crippen molar-refractivity contribution in [3.05, 3.63) is 35.9 Å². The van der Waals surface area contributed by atoms with Crippen LogP contribution < -0.4 is 5.32 Å². The summed E-state index contributed by atoms with van der Waals surface area (Å²) in [6, 6.07) is 7.71. The smallest absolute Gasteiger partial charge is 0.326 e. The number of amides is 1. The van der Waals surface area contributed by atoms with E-state index < -0.39 is 30.1 Å². The van der Waals surface area contributed by atoms with Crippen molar-refractivity contribution in [2.45, 2.75) is 51.2 Å². The van der Waals surface area contributed by atoms with Crippen LogP contribution in [0.2, 0.25) is 0 Å². The highest BCUT2D eigenvalue weighted by molar-refractivity contribution is 7.99. The molecule has 3 rings (SSSR count). The number of likely N-dealkylation sites (tertiary alicyclic amines) is 1. The molecule has 0 spiro atoms. The second kappa shape index (κ2) is 11.0. The molecule has 2 fully saturated rings. The molecular weight excluding hydrogens is 416 g/mol. The Morgan fingerprint density at radius 3 is 2.61 bits per heavy atom. The Kier molecular flexibility index (Phi) is 8.37. The first kappa shape index (κ1) is 23.6. The number of hydrogen-bond donors (Lipinski definition) is 2. The van der Waals surface area contributed by atoms with Crippen LogP contribution in [0.5, 0.6) is 0 Å². The largest absolute Gasteiger partial charge is 0.480 e. The molecule has 0 bridgehead atoms. The maximum absolute atomic E-state index is 13.2. The molecule has 5 atom stereocenters. The van der Waals surface area contributed by atoms with Gasteiger partial charge in [0.05, 0.1) is 12.6 Å². The van der Waals surface area contributed by atoms with Crippen molar-refractivity contribution in [2.75, 3.05) is 24.7 Å². The highest BCUT2D eigenvalue weighted by Gasteiger charge is 2.44. The van der Waals surface area contributed by atoms with Crippen molar-refractivity contribution < 1.29 is 24.2 Å². The zero-order chi connectivity index (χ0) is 22.4. The summed E-state index contributed by atoms with van der Waals surface area (Å²) in [7, 11) is 0. The van der Waals surface area contributed by atoms with Crippen molar-refractivity contribution >= 4 is 29.6 Å². The molecular formula is C23H32N2O5S. The summed E-state index contributed by atoms with van der Waals surface area (Å²) in [4.78, 5) is 39.1. The van der Waals surface area contributed by atoms with E-state index in [0.717, 1.165) is 17.1 Å². The monoisotopic (exact) mass is 448 g/mol. The number of fused-ring (bicyclic) bond motifs is 1. The van der Waals surface area contributed by atoms with E-state index in [2.05, 4.69) is 5.32 Å². The number of piperidine rings is 1. The summed E-state index contributed by atoms with van der Waals surface area (Å²) < 4.78 is 5.21. The van der Waals surface area contributed by atoms with E-state index in [4.69, 9.17) is 4.74 Å². The maximum Gasteiger partial charge on any atom is 0.326 e. The molecule has 0 aliphatic carbocycles. The molecule has 0 saturated carbocycles. The normalized spacial score (nSPS) is 24.8. The lowest BCUT2D eigenvalue weighted by molar-refractivity contribution is -0.155. The third-order valence-electron chi connectivity index (χ3n) is 6.19. The molecule has 170 valence electrons. The van der Waals surface area contributed by atoms with Gasteiger partial charge in [-0.1, -0.05) is 30.3 Å². The summed E-state index contributed by atoms with van der Waals surface area (Å²) in [5.41, 5.74) is 1.10. The zero-order valence-electron chi connectivity index (χ0n) is 18.2. The van der Waals surface area contributed by atoms with E-state index in [1.54, 1.807) is 13.8 Å². The minimum absolute atomic E-state index is 0.263. The van der Waals surface area contributed by atoms with Crippen LogP contribution in [0.25, 0.3) is 0 Å². The standard InChI is InChI=1S/C23H32N2O5S/c1-3-30-23(29)19(10-9-16-7-5-4-6-8-16)24-15(2)21(26)25-12-18-14-31-13-17(18)11-20(25)22(27)28/h4-8,15,17-20,24H,3,9-14H2,1-2H3,(H,27,28)/t15?,17?,18?,19-,20-/m0/s1. The number of aryl methyl sites for hydroxylation is 1. The summed E-state index contributed by atoms with van der Waals surface area (Å²) in [6.07, 6.45) is 1.66. The van der Waals surface area contributed by atoms with Gasteiger partial charge in [-0.3, -0.25) is 14.9 Å². The number of rotatable bonds is 9. The van der Waals surface area contributed by atoms with Crippen LogP contribution in [-0.2, 0) is 25.5 Å². The third kappa shape index (κ3) is 6.01. The predicted molar refractivity (Wildman–Crippen MR) is 120 cm³/mol. The minimum Gasteiger partial charge on any atom is -0.480 e. The van der Waals surface area contributed by atoms with Gasteiger partial charge in [0.25, 0.3) is 0 Å². The summed E-state index contributed by atoms with van der Waals surface area (Å²) in [5, 5.41) is 12.8. The molecule has 1 aromatic rings. The van der Waals surface area contributed by atoms with E-state index >= 15 is 0 Å². The second-order valence-electron chi connectivity index (χ2n) is 8.36. The fourth-order valence-electron chi connectivity index (χ4n) is 4.47. The number of nitrogens with zero attached hydrogens (tertiary/aromatic N) is 1. The van der Waals surface area contributed by atoms with Gasteiger partial charge < -0.3 is 14.7 Å². The fourth-order valence-corrected chi connectivity index (χ4v) is 5.99. The maximum atomic E-state index is 13.2. The molecule has 2 heterocycles. The molecule has 8 heteroatoms. The molecule has 1 aromatic carbocycles. The van der Waals surface area contributed by atoms with Crippen LogP contribution in [0.15, 0.2) is 30.3 Å². The number of carbonyl (C=O) groups excluding carboxylic acids is 2. The second-order valence-corrected chi connectivity index (χ2v) is 9.43. The lowest BCUT2D eigenvalue weighted by Gasteiger charge is -2.40. The summed E-state index contributed by atoms with van der Waals surface area (Å²) in [5.74, 6) is 1.02. The molecule has 0 aromatic heterocycles. The van der Waals surface area contributed by atoms with Crippen LogP contribution >= 0.6 is 11.8 Å². The van der Waals surface area contributed by atoms with Crippen molar-refractivity contribution in [1.82, 2.24) is 10.2 Å². The SMILES string of the molecule is CCOC(=O)[C@H](CCc1ccccc1)NC(C)C(=O)N1CC2CSCC2C[C@H]1C(=O)O. The Bertz CT molecular complexity index is 774. The number of hydrogen-bond acceptors (Lipinski definition) is 6. The zero-order valence-corrected chi connectivity index (χ0v) is 19.0. The number of carboxylic acids is 1. The van der Waals surface area contributed by atoms with Crippen molar-refractivity contribution in [1.29, 1.82) is 0 Å². The van der Waals surface area contributed by atoms with Gasteiger partial charge in [-0.05, 0) is 62.0 Å². The first-order chi connectivity index (χ1) is 14.9. The molecule has 1 amide bonds. The highest BCUT2D eigenvalue weighted by atomic mass is 32.2. The minimum atomic E-state index is -0.957. The van der Waals surface area contributed by atoms with Gasteiger partial charge in [-0.15, -0.1) is 0 Å². The number of thioether (sulfide) groups is 1. The van der Waals surface area contributed by atoms with Crippen LogP contribution in [0.3, 0.4) is 0 Å². The molecule has 0 radical (unpaired) electrons. The average Bonchev–Trinajstić information content (AvgIpc) is 3.23. The Morgan fingerprint density at radius 1 is 1.23 bits per heavy atom. The number of ether oxygens (including phenoxy) is 1. The van der Waals surface area contributed by atoms with Gasteiger partial charge in [-0.2, -0.15) is 11.8 Å². The molecule has 2 N–H and O–H groups in total. The third-order valence-corrected chi connectivity index (χ3v) is 7.52. The molecule has 2 aliphatic rings.